The van der Waals surface area contributed by atoms with Crippen LogP contribution in [-0.4, -0.2) is 28.9 Å². The van der Waals surface area contributed by atoms with Gasteiger partial charge in [0.05, 0.1) is 13.5 Å². The Hall–Kier alpha value is -3.34. The summed E-state index contributed by atoms with van der Waals surface area (Å²) in [5, 5.41) is 19.5. The lowest BCUT2D eigenvalue weighted by molar-refractivity contribution is -0.121. The highest BCUT2D eigenvalue weighted by atomic mass is 16.5. The van der Waals surface area contributed by atoms with E-state index in [9.17, 15) is 19.8 Å². The molecule has 0 saturated carbocycles. The zero-order valence-corrected chi connectivity index (χ0v) is 15.3. The lowest BCUT2D eigenvalue weighted by Gasteiger charge is -2.03. The van der Waals surface area contributed by atoms with Gasteiger partial charge in [-0.15, -0.1) is 0 Å². The van der Waals surface area contributed by atoms with Gasteiger partial charge in [0, 0.05) is 0 Å². The highest BCUT2D eigenvalue weighted by Gasteiger charge is 2.05. The standard InChI is InChI=1S/C22H22O5/c1-3-17-8-4-15(12-20(17)25)5-9-18(23)14-19(24)10-6-16-7-11-22(27-2)21(26)13-16/h4-13,25-26H,3,14H2,1-2H3/b9-5+,10-6+. The Bertz CT molecular complexity index is 820. The zero-order valence-electron chi connectivity index (χ0n) is 15.3. The van der Waals surface area contributed by atoms with Crippen LogP contribution in [-0.2, 0) is 16.0 Å². The molecule has 0 amide bonds. The molecular formula is C22H22O5. The predicted molar refractivity (Wildman–Crippen MR) is 105 cm³/mol. The fourth-order valence-electron chi connectivity index (χ4n) is 2.46. The highest BCUT2D eigenvalue weighted by molar-refractivity contribution is 6.10. The van der Waals surface area contributed by atoms with E-state index in [4.69, 9.17) is 4.74 Å². The van der Waals surface area contributed by atoms with Crippen LogP contribution in [0.3, 0.4) is 0 Å². The van der Waals surface area contributed by atoms with Gasteiger partial charge in [0.15, 0.2) is 23.1 Å². The molecule has 27 heavy (non-hydrogen) atoms. The molecule has 0 bridgehead atoms. The van der Waals surface area contributed by atoms with Crippen molar-refractivity contribution in [2.24, 2.45) is 0 Å². The molecule has 0 atom stereocenters. The van der Waals surface area contributed by atoms with Gasteiger partial charge >= 0.3 is 0 Å². The number of benzene rings is 2. The molecule has 2 N–H and O–H groups in total. The molecule has 0 saturated heterocycles. The van der Waals surface area contributed by atoms with Gasteiger partial charge in [0.2, 0.25) is 0 Å². The number of aromatic hydroxyl groups is 2. The predicted octanol–water partition coefficient (Wildman–Crippen LogP) is 3.92. The van der Waals surface area contributed by atoms with Crippen molar-refractivity contribution in [3.8, 4) is 17.2 Å². The van der Waals surface area contributed by atoms with E-state index in [0.717, 1.165) is 12.0 Å². The molecule has 0 radical (unpaired) electrons. The number of carbonyl (C=O) groups excluding carboxylic acids is 2. The normalized spacial score (nSPS) is 11.2. The minimum Gasteiger partial charge on any atom is -0.508 e. The molecule has 0 aliphatic carbocycles. The van der Waals surface area contributed by atoms with E-state index in [0.29, 0.717) is 16.9 Å². The topological polar surface area (TPSA) is 83.8 Å². The number of ketones is 2. The summed E-state index contributed by atoms with van der Waals surface area (Å²) in [5.41, 5.74) is 2.15. The Morgan fingerprint density at radius 3 is 1.96 bits per heavy atom. The summed E-state index contributed by atoms with van der Waals surface area (Å²) in [7, 11) is 1.45. The van der Waals surface area contributed by atoms with Crippen LogP contribution in [0.2, 0.25) is 0 Å². The van der Waals surface area contributed by atoms with Gasteiger partial charge in [0.25, 0.3) is 0 Å². The van der Waals surface area contributed by atoms with E-state index in [1.54, 1.807) is 36.4 Å². The van der Waals surface area contributed by atoms with Crippen molar-refractivity contribution in [2.75, 3.05) is 7.11 Å². The van der Waals surface area contributed by atoms with E-state index in [-0.39, 0.29) is 29.5 Å². The minimum atomic E-state index is -0.343. The number of hydrogen-bond acceptors (Lipinski definition) is 5. The fourth-order valence-corrected chi connectivity index (χ4v) is 2.46. The molecule has 0 spiro atoms. The average Bonchev–Trinajstić information content (AvgIpc) is 2.65. The number of aryl methyl sites for hydroxylation is 1. The Balaban J connectivity index is 1.94. The summed E-state index contributed by atoms with van der Waals surface area (Å²) < 4.78 is 4.95. The summed E-state index contributed by atoms with van der Waals surface area (Å²) >= 11 is 0. The number of phenolic OH excluding ortho intramolecular Hbond substituents is 2. The first kappa shape index (κ1) is 20.0. The quantitative estimate of drug-likeness (QED) is 0.546. The van der Waals surface area contributed by atoms with Crippen molar-refractivity contribution in [1.82, 2.24) is 0 Å². The molecule has 2 aromatic carbocycles. The number of carbonyl (C=O) groups is 2. The van der Waals surface area contributed by atoms with Gasteiger partial charge in [-0.1, -0.05) is 37.3 Å². The molecule has 0 fully saturated rings. The summed E-state index contributed by atoms with van der Waals surface area (Å²) in [5.74, 6) is -0.167. The molecule has 0 heterocycles. The number of hydrogen-bond donors (Lipinski definition) is 2. The SMILES string of the molecule is CCc1ccc(/C=C/C(=O)CC(=O)/C=C/c2ccc(OC)c(O)c2)cc1O. The summed E-state index contributed by atoms with van der Waals surface area (Å²) in [6.07, 6.45) is 6.19. The number of rotatable bonds is 8. The molecular weight excluding hydrogens is 344 g/mol. The Kier molecular flexibility index (Phi) is 6.94. The van der Waals surface area contributed by atoms with Crippen molar-refractivity contribution < 1.29 is 24.5 Å². The molecule has 2 aromatic rings. The smallest absolute Gasteiger partial charge is 0.163 e. The zero-order chi connectivity index (χ0) is 19.8. The van der Waals surface area contributed by atoms with E-state index < -0.39 is 0 Å². The van der Waals surface area contributed by atoms with Crippen LogP contribution in [0.5, 0.6) is 17.2 Å². The molecule has 2 rings (SSSR count). The Labute approximate surface area is 158 Å². The van der Waals surface area contributed by atoms with Crippen LogP contribution in [0, 0.1) is 0 Å². The number of allylic oxidation sites excluding steroid dienone is 2. The Morgan fingerprint density at radius 1 is 0.926 bits per heavy atom. The monoisotopic (exact) mass is 366 g/mol. The number of ether oxygens (including phenoxy) is 1. The van der Waals surface area contributed by atoms with E-state index >= 15 is 0 Å². The first-order chi connectivity index (χ1) is 12.9. The second kappa shape index (κ2) is 9.38. The maximum absolute atomic E-state index is 11.9. The van der Waals surface area contributed by atoms with Gasteiger partial charge in [-0.05, 0) is 53.5 Å². The third-order valence-electron chi connectivity index (χ3n) is 3.96. The second-order valence-corrected chi connectivity index (χ2v) is 5.95. The van der Waals surface area contributed by atoms with Crippen LogP contribution in [0.4, 0.5) is 0 Å². The largest absolute Gasteiger partial charge is 0.508 e. The van der Waals surface area contributed by atoms with E-state index in [1.807, 2.05) is 6.92 Å². The van der Waals surface area contributed by atoms with Gasteiger partial charge < -0.3 is 14.9 Å². The van der Waals surface area contributed by atoms with Gasteiger partial charge in [-0.3, -0.25) is 9.59 Å². The lowest BCUT2D eigenvalue weighted by atomic mass is 10.1. The maximum Gasteiger partial charge on any atom is 0.163 e. The van der Waals surface area contributed by atoms with Gasteiger partial charge in [-0.25, -0.2) is 0 Å². The second-order valence-electron chi connectivity index (χ2n) is 5.95. The maximum atomic E-state index is 11.9. The summed E-state index contributed by atoms with van der Waals surface area (Å²) in [6, 6.07) is 9.94. The van der Waals surface area contributed by atoms with Gasteiger partial charge in [-0.2, -0.15) is 0 Å². The van der Waals surface area contributed by atoms with Crippen molar-refractivity contribution in [1.29, 1.82) is 0 Å². The van der Waals surface area contributed by atoms with Crippen molar-refractivity contribution in [3.05, 3.63) is 65.2 Å². The van der Waals surface area contributed by atoms with Crippen LogP contribution in [0.15, 0.2) is 48.6 Å². The van der Waals surface area contributed by atoms with Crippen molar-refractivity contribution in [2.45, 2.75) is 19.8 Å². The fraction of sp³-hybridized carbons (Fsp3) is 0.182. The third kappa shape index (κ3) is 5.85. The highest BCUT2D eigenvalue weighted by Crippen LogP contribution is 2.26. The van der Waals surface area contributed by atoms with Crippen LogP contribution in [0.25, 0.3) is 12.2 Å². The molecule has 5 nitrogen and oxygen atoms in total. The van der Waals surface area contributed by atoms with Crippen molar-refractivity contribution in [3.63, 3.8) is 0 Å². The molecule has 0 aliphatic heterocycles. The van der Waals surface area contributed by atoms with E-state index in [2.05, 4.69) is 0 Å². The first-order valence-electron chi connectivity index (χ1n) is 8.53. The third-order valence-corrected chi connectivity index (χ3v) is 3.96. The number of phenols is 2. The van der Waals surface area contributed by atoms with Crippen molar-refractivity contribution >= 4 is 23.7 Å². The number of methoxy groups -OCH3 is 1. The molecule has 0 aliphatic rings. The van der Waals surface area contributed by atoms with E-state index in [1.165, 1.54) is 31.4 Å². The molecule has 0 aromatic heterocycles. The summed E-state index contributed by atoms with van der Waals surface area (Å²) in [6.45, 7) is 1.94. The summed E-state index contributed by atoms with van der Waals surface area (Å²) in [4.78, 5) is 23.8. The van der Waals surface area contributed by atoms with Crippen LogP contribution >= 0.6 is 0 Å². The molecule has 5 heteroatoms. The van der Waals surface area contributed by atoms with Gasteiger partial charge in [0.1, 0.15) is 5.75 Å². The average molecular weight is 366 g/mol. The lowest BCUT2D eigenvalue weighted by Crippen LogP contribution is -2.01. The minimum absolute atomic E-state index is 0.0246. The van der Waals surface area contributed by atoms with Crippen LogP contribution < -0.4 is 4.74 Å². The molecule has 140 valence electrons. The van der Waals surface area contributed by atoms with Crippen LogP contribution in [0.1, 0.15) is 30.0 Å². The molecule has 0 unspecified atom stereocenters. The Morgan fingerprint density at radius 2 is 1.48 bits per heavy atom. The first-order valence-corrected chi connectivity index (χ1v) is 8.53.